The third-order valence-corrected chi connectivity index (χ3v) is 3.42. The molecule has 0 spiro atoms. The zero-order chi connectivity index (χ0) is 13.1. The van der Waals surface area contributed by atoms with Crippen LogP contribution in [-0.4, -0.2) is 0 Å². The molecule has 0 amide bonds. The third-order valence-electron chi connectivity index (χ3n) is 3.42. The van der Waals surface area contributed by atoms with Gasteiger partial charge in [0.15, 0.2) is 0 Å². The first-order valence-electron chi connectivity index (χ1n) is 6.72. The molecule has 0 aromatic carbocycles. The van der Waals surface area contributed by atoms with Crippen molar-refractivity contribution in [1.29, 1.82) is 0 Å². The van der Waals surface area contributed by atoms with Gasteiger partial charge in [-0.05, 0) is 29.1 Å². The molecule has 96 valence electrons. The highest BCUT2D eigenvalue weighted by atomic mass is 14.3. The number of hydrogen-bond acceptors (Lipinski definition) is 0. The van der Waals surface area contributed by atoms with Gasteiger partial charge in [0.05, 0.1) is 0 Å². The minimum absolute atomic E-state index is 0.298. The van der Waals surface area contributed by atoms with E-state index in [0.717, 1.165) is 0 Å². The van der Waals surface area contributed by atoms with Crippen LogP contribution in [-0.2, 0) is 0 Å². The molecule has 0 N–H and O–H groups in total. The van der Waals surface area contributed by atoms with Crippen molar-refractivity contribution in [3.05, 3.63) is 11.6 Å². The fourth-order valence-electron chi connectivity index (χ4n) is 2.51. The highest BCUT2D eigenvalue weighted by Gasteiger charge is 2.26. The van der Waals surface area contributed by atoms with Crippen LogP contribution in [0.15, 0.2) is 11.6 Å². The van der Waals surface area contributed by atoms with Gasteiger partial charge in [-0.15, -0.1) is 0 Å². The lowest BCUT2D eigenvalue weighted by molar-refractivity contribution is 0.279. The Bertz CT molecular complexity index is 230. The third kappa shape index (κ3) is 4.72. The van der Waals surface area contributed by atoms with E-state index in [-0.39, 0.29) is 0 Å². The van der Waals surface area contributed by atoms with Gasteiger partial charge in [0.2, 0.25) is 0 Å². The Hall–Kier alpha value is -0.260. The van der Waals surface area contributed by atoms with Gasteiger partial charge in [-0.25, -0.2) is 0 Å². The molecule has 0 fully saturated rings. The van der Waals surface area contributed by atoms with Crippen LogP contribution in [0.4, 0.5) is 0 Å². The summed E-state index contributed by atoms with van der Waals surface area (Å²) in [5.74, 6) is 1.33. The summed E-state index contributed by atoms with van der Waals surface area (Å²) in [6, 6.07) is 0. The first-order chi connectivity index (χ1) is 7.00. The smallest absolute Gasteiger partial charge is 0.0170 e. The van der Waals surface area contributed by atoms with E-state index >= 15 is 0 Å². The Morgan fingerprint density at radius 3 is 1.62 bits per heavy atom. The summed E-state index contributed by atoms with van der Waals surface area (Å²) in [5.41, 5.74) is 2.28. The topological polar surface area (TPSA) is 0 Å². The Morgan fingerprint density at radius 1 is 1.00 bits per heavy atom. The van der Waals surface area contributed by atoms with E-state index in [2.05, 4.69) is 68.4 Å². The molecule has 0 radical (unpaired) electrons. The summed E-state index contributed by atoms with van der Waals surface area (Å²) in [5, 5.41) is 0. The summed E-state index contributed by atoms with van der Waals surface area (Å²) in [6.45, 7) is 20.9. The Morgan fingerprint density at radius 2 is 1.44 bits per heavy atom. The van der Waals surface area contributed by atoms with E-state index in [1.807, 2.05) is 0 Å². The molecule has 0 aliphatic heterocycles. The van der Waals surface area contributed by atoms with Gasteiger partial charge in [-0.3, -0.25) is 0 Å². The Labute approximate surface area is 104 Å². The molecular formula is C16H32. The molecule has 0 heterocycles. The van der Waals surface area contributed by atoms with Crippen LogP contribution in [0, 0.1) is 22.7 Å². The molecular weight excluding hydrogens is 192 g/mol. The predicted molar refractivity (Wildman–Crippen MR) is 75.6 cm³/mol. The van der Waals surface area contributed by atoms with Crippen molar-refractivity contribution in [2.45, 2.75) is 68.7 Å². The minimum Gasteiger partial charge on any atom is -0.0809 e. The predicted octanol–water partition coefficient (Wildman–Crippen LogP) is 5.69. The summed E-state index contributed by atoms with van der Waals surface area (Å²) >= 11 is 0. The highest BCUT2D eigenvalue weighted by molar-refractivity contribution is 5.15. The first-order valence-corrected chi connectivity index (χ1v) is 6.72. The average Bonchev–Trinajstić information content (AvgIpc) is 1.99. The number of rotatable bonds is 3. The molecule has 0 aromatic rings. The van der Waals surface area contributed by atoms with E-state index in [0.29, 0.717) is 22.7 Å². The molecule has 0 saturated carbocycles. The summed E-state index contributed by atoms with van der Waals surface area (Å²) in [7, 11) is 0. The molecule has 0 heteroatoms. The van der Waals surface area contributed by atoms with Crippen LogP contribution in [0.3, 0.4) is 0 Å². The molecule has 0 aliphatic rings. The lowest BCUT2D eigenvalue weighted by atomic mass is 9.73. The summed E-state index contributed by atoms with van der Waals surface area (Å²) < 4.78 is 0. The Kier molecular flexibility index (Phi) is 5.29. The van der Waals surface area contributed by atoms with Crippen LogP contribution in [0.1, 0.15) is 68.7 Å². The van der Waals surface area contributed by atoms with Crippen LogP contribution in [0.2, 0.25) is 0 Å². The zero-order valence-corrected chi connectivity index (χ0v) is 12.9. The standard InChI is InChI=1S/C16H32/c1-10-13(15(4,5)6)11-14(12(2)3)16(7,8)9/h11-13H,10H2,1-9H3/b14-11+. The van der Waals surface area contributed by atoms with E-state index < -0.39 is 0 Å². The quantitative estimate of drug-likeness (QED) is 0.540. The monoisotopic (exact) mass is 224 g/mol. The highest BCUT2D eigenvalue weighted by Crippen LogP contribution is 2.37. The second kappa shape index (κ2) is 5.38. The van der Waals surface area contributed by atoms with Gasteiger partial charge in [0.25, 0.3) is 0 Å². The van der Waals surface area contributed by atoms with E-state index in [1.54, 1.807) is 5.57 Å². The van der Waals surface area contributed by atoms with Crippen LogP contribution < -0.4 is 0 Å². The maximum atomic E-state index is 2.55. The maximum absolute atomic E-state index is 2.55. The van der Waals surface area contributed by atoms with Crippen LogP contribution in [0.5, 0.6) is 0 Å². The molecule has 0 bridgehead atoms. The molecule has 0 nitrogen and oxygen atoms in total. The van der Waals surface area contributed by atoms with Gasteiger partial charge in [-0.1, -0.05) is 74.0 Å². The van der Waals surface area contributed by atoms with Crippen molar-refractivity contribution in [2.24, 2.45) is 22.7 Å². The normalized spacial score (nSPS) is 16.8. The van der Waals surface area contributed by atoms with Gasteiger partial charge in [0.1, 0.15) is 0 Å². The summed E-state index contributed by atoms with van der Waals surface area (Å²) in [6.07, 6.45) is 3.78. The van der Waals surface area contributed by atoms with E-state index in [4.69, 9.17) is 0 Å². The molecule has 1 unspecified atom stereocenters. The van der Waals surface area contributed by atoms with Crippen molar-refractivity contribution < 1.29 is 0 Å². The second-order valence-corrected chi connectivity index (χ2v) is 7.41. The lowest BCUT2D eigenvalue weighted by Gasteiger charge is -2.33. The number of hydrogen-bond donors (Lipinski definition) is 0. The first kappa shape index (κ1) is 15.7. The summed E-state index contributed by atoms with van der Waals surface area (Å²) in [4.78, 5) is 0. The van der Waals surface area contributed by atoms with E-state index in [9.17, 15) is 0 Å². The van der Waals surface area contributed by atoms with Gasteiger partial charge in [0, 0.05) is 0 Å². The second-order valence-electron chi connectivity index (χ2n) is 7.41. The molecule has 0 aromatic heterocycles. The molecule has 16 heavy (non-hydrogen) atoms. The molecule has 1 atom stereocenters. The minimum atomic E-state index is 0.298. The van der Waals surface area contributed by atoms with Crippen LogP contribution in [0.25, 0.3) is 0 Å². The van der Waals surface area contributed by atoms with Crippen molar-refractivity contribution in [2.75, 3.05) is 0 Å². The fraction of sp³-hybridized carbons (Fsp3) is 0.875. The zero-order valence-electron chi connectivity index (χ0n) is 12.9. The molecule has 0 rings (SSSR count). The molecule has 0 aliphatic carbocycles. The van der Waals surface area contributed by atoms with Gasteiger partial charge in [-0.2, -0.15) is 0 Å². The fourth-order valence-corrected chi connectivity index (χ4v) is 2.51. The lowest BCUT2D eigenvalue weighted by Crippen LogP contribution is -2.22. The number of allylic oxidation sites excluding steroid dienone is 2. The molecule has 0 saturated heterocycles. The maximum Gasteiger partial charge on any atom is -0.0170 e. The van der Waals surface area contributed by atoms with Crippen molar-refractivity contribution in [1.82, 2.24) is 0 Å². The SMILES string of the molecule is CCC(/C=C(\C(C)C)C(C)(C)C)C(C)(C)C. The van der Waals surface area contributed by atoms with Crippen LogP contribution >= 0.6 is 0 Å². The average molecular weight is 224 g/mol. The van der Waals surface area contributed by atoms with Crippen molar-refractivity contribution in [3.8, 4) is 0 Å². The Balaban J connectivity index is 5.20. The van der Waals surface area contributed by atoms with Gasteiger partial charge >= 0.3 is 0 Å². The largest absolute Gasteiger partial charge is 0.0809 e. The van der Waals surface area contributed by atoms with Crippen molar-refractivity contribution in [3.63, 3.8) is 0 Å². The van der Waals surface area contributed by atoms with Crippen molar-refractivity contribution >= 4 is 0 Å². The van der Waals surface area contributed by atoms with Gasteiger partial charge < -0.3 is 0 Å². The van der Waals surface area contributed by atoms with E-state index in [1.165, 1.54) is 6.42 Å².